The molecular formula is C32H27BrFN3O3S. The molecule has 9 heteroatoms. The lowest BCUT2D eigenvalue weighted by molar-refractivity contribution is -0.116. The number of anilines is 2. The highest BCUT2D eigenvalue weighted by molar-refractivity contribution is 9.10. The molecule has 0 fully saturated rings. The molecule has 1 atom stereocenters. The van der Waals surface area contributed by atoms with Crippen molar-refractivity contribution < 1.29 is 18.8 Å². The van der Waals surface area contributed by atoms with E-state index in [0.29, 0.717) is 22.1 Å². The summed E-state index contributed by atoms with van der Waals surface area (Å²) in [5, 5.41) is 7.72. The quantitative estimate of drug-likeness (QED) is 0.125. The van der Waals surface area contributed by atoms with E-state index in [1.165, 1.54) is 23.9 Å². The van der Waals surface area contributed by atoms with Crippen LogP contribution in [0.4, 0.5) is 15.8 Å². The highest BCUT2D eigenvalue weighted by atomic mass is 79.9. The number of carbonyl (C=O) groups excluding carboxylic acids is 3. The average molecular weight is 633 g/mol. The Balaban J connectivity index is 1.48. The smallest absolute Gasteiger partial charge is 0.272 e. The van der Waals surface area contributed by atoms with Crippen molar-refractivity contribution >= 4 is 62.9 Å². The SMILES string of the molecule is CCC(Sc1cccc(NC(=O)/C(=C/c2ccccc2)NC(=O)c2ccccc2)c1)C(=O)Nc1ccc(Br)cc1F. The lowest BCUT2D eigenvalue weighted by atomic mass is 10.1. The number of amides is 3. The van der Waals surface area contributed by atoms with Gasteiger partial charge in [0.05, 0.1) is 10.9 Å². The van der Waals surface area contributed by atoms with Gasteiger partial charge in [0.25, 0.3) is 11.8 Å². The molecule has 0 aliphatic rings. The Bertz CT molecular complexity index is 1570. The van der Waals surface area contributed by atoms with Crippen LogP contribution in [0.15, 0.2) is 118 Å². The topological polar surface area (TPSA) is 87.3 Å². The standard InChI is InChI=1S/C32H27BrFN3O3S/c1-2-29(32(40)36-27-17-16-23(33)19-26(27)34)41-25-15-9-14-24(20-25)35-31(39)28(18-21-10-5-3-6-11-21)37-30(38)22-12-7-4-8-13-22/h3-20,29H,2H2,1H3,(H,35,39)(H,36,40)(H,37,38)/b28-18-. The zero-order valence-corrected chi connectivity index (χ0v) is 24.5. The predicted octanol–water partition coefficient (Wildman–Crippen LogP) is 7.51. The van der Waals surface area contributed by atoms with E-state index >= 15 is 0 Å². The zero-order valence-electron chi connectivity index (χ0n) is 22.1. The molecule has 0 aliphatic heterocycles. The number of benzene rings is 4. The van der Waals surface area contributed by atoms with Gasteiger partial charge in [0.1, 0.15) is 11.5 Å². The second-order valence-electron chi connectivity index (χ2n) is 8.90. The van der Waals surface area contributed by atoms with E-state index in [2.05, 4.69) is 31.9 Å². The van der Waals surface area contributed by atoms with Crippen LogP contribution in [0.1, 0.15) is 29.3 Å². The molecular weight excluding hydrogens is 605 g/mol. The minimum Gasteiger partial charge on any atom is -0.323 e. The van der Waals surface area contributed by atoms with Crippen LogP contribution in [-0.4, -0.2) is 23.0 Å². The Morgan fingerprint density at radius 1 is 0.878 bits per heavy atom. The summed E-state index contributed by atoms with van der Waals surface area (Å²) >= 11 is 4.52. The lowest BCUT2D eigenvalue weighted by Crippen LogP contribution is -2.30. The number of nitrogens with one attached hydrogen (secondary N) is 3. The summed E-state index contributed by atoms with van der Waals surface area (Å²) in [6.07, 6.45) is 2.11. The summed E-state index contributed by atoms with van der Waals surface area (Å²) < 4.78 is 14.8. The van der Waals surface area contributed by atoms with Crippen LogP contribution in [0.3, 0.4) is 0 Å². The van der Waals surface area contributed by atoms with Crippen molar-refractivity contribution in [3.8, 4) is 0 Å². The van der Waals surface area contributed by atoms with Crippen molar-refractivity contribution in [1.82, 2.24) is 5.32 Å². The van der Waals surface area contributed by atoms with Crippen molar-refractivity contribution in [2.45, 2.75) is 23.5 Å². The molecule has 0 bridgehead atoms. The Kier molecular flexibility index (Phi) is 10.5. The van der Waals surface area contributed by atoms with Gasteiger partial charge >= 0.3 is 0 Å². The highest BCUT2D eigenvalue weighted by Gasteiger charge is 2.20. The van der Waals surface area contributed by atoms with Crippen molar-refractivity contribution in [2.75, 3.05) is 10.6 Å². The fourth-order valence-corrected chi connectivity index (χ4v) is 5.14. The van der Waals surface area contributed by atoms with Gasteiger partial charge in [-0.1, -0.05) is 77.5 Å². The molecule has 0 saturated heterocycles. The monoisotopic (exact) mass is 631 g/mol. The third kappa shape index (κ3) is 8.64. The molecule has 0 saturated carbocycles. The van der Waals surface area contributed by atoms with E-state index in [0.717, 1.165) is 10.5 Å². The summed E-state index contributed by atoms with van der Waals surface area (Å²) in [4.78, 5) is 39.8. The van der Waals surface area contributed by atoms with E-state index in [9.17, 15) is 18.8 Å². The highest BCUT2D eigenvalue weighted by Crippen LogP contribution is 2.29. The minimum absolute atomic E-state index is 0.0745. The predicted molar refractivity (Wildman–Crippen MR) is 166 cm³/mol. The van der Waals surface area contributed by atoms with Gasteiger partial charge in [-0.3, -0.25) is 14.4 Å². The molecule has 41 heavy (non-hydrogen) atoms. The fourth-order valence-electron chi connectivity index (χ4n) is 3.79. The fraction of sp³-hybridized carbons (Fsp3) is 0.0938. The number of carbonyl (C=O) groups is 3. The molecule has 1 unspecified atom stereocenters. The van der Waals surface area contributed by atoms with Gasteiger partial charge in [-0.2, -0.15) is 0 Å². The molecule has 3 N–H and O–H groups in total. The molecule has 4 aromatic carbocycles. The van der Waals surface area contributed by atoms with Gasteiger partial charge < -0.3 is 16.0 Å². The normalized spacial score (nSPS) is 11.8. The first-order valence-corrected chi connectivity index (χ1v) is 14.5. The molecule has 0 aromatic heterocycles. The van der Waals surface area contributed by atoms with Crippen LogP contribution >= 0.6 is 27.7 Å². The summed E-state index contributed by atoms with van der Waals surface area (Å²) in [5.41, 5.74) is 1.83. The molecule has 0 heterocycles. The third-order valence-electron chi connectivity index (χ3n) is 5.86. The van der Waals surface area contributed by atoms with E-state index in [1.807, 2.05) is 43.3 Å². The Morgan fingerprint density at radius 2 is 1.59 bits per heavy atom. The van der Waals surface area contributed by atoms with Crippen LogP contribution in [0.2, 0.25) is 0 Å². The van der Waals surface area contributed by atoms with Crippen molar-refractivity contribution in [3.05, 3.63) is 130 Å². The minimum atomic E-state index is -0.531. The molecule has 0 spiro atoms. The number of halogens is 2. The maximum atomic E-state index is 14.2. The van der Waals surface area contributed by atoms with E-state index in [1.54, 1.807) is 60.7 Å². The Labute approximate surface area is 250 Å². The first-order valence-electron chi connectivity index (χ1n) is 12.8. The maximum Gasteiger partial charge on any atom is 0.272 e. The molecule has 4 aromatic rings. The Hall–Kier alpha value is -4.21. The largest absolute Gasteiger partial charge is 0.323 e. The van der Waals surface area contributed by atoms with Crippen molar-refractivity contribution in [3.63, 3.8) is 0 Å². The third-order valence-corrected chi connectivity index (χ3v) is 7.71. The first kappa shape index (κ1) is 29.8. The van der Waals surface area contributed by atoms with Crippen LogP contribution < -0.4 is 16.0 Å². The van der Waals surface area contributed by atoms with Crippen LogP contribution in [0.5, 0.6) is 0 Å². The van der Waals surface area contributed by atoms with Crippen molar-refractivity contribution in [1.29, 1.82) is 0 Å². The van der Waals surface area contributed by atoms with Crippen LogP contribution in [0, 0.1) is 5.82 Å². The summed E-state index contributed by atoms with van der Waals surface area (Å²) in [6, 6.07) is 29.3. The number of hydrogen-bond donors (Lipinski definition) is 3. The van der Waals surface area contributed by atoms with E-state index in [4.69, 9.17) is 0 Å². The van der Waals surface area contributed by atoms with E-state index in [-0.39, 0.29) is 17.3 Å². The molecule has 6 nitrogen and oxygen atoms in total. The van der Waals surface area contributed by atoms with Crippen molar-refractivity contribution in [2.24, 2.45) is 0 Å². The molecule has 0 aliphatic carbocycles. The number of rotatable bonds is 10. The average Bonchev–Trinajstić information content (AvgIpc) is 2.98. The number of thioether (sulfide) groups is 1. The summed E-state index contributed by atoms with van der Waals surface area (Å²) in [6.45, 7) is 1.87. The molecule has 0 radical (unpaired) electrons. The Morgan fingerprint density at radius 3 is 2.27 bits per heavy atom. The maximum absolute atomic E-state index is 14.2. The van der Waals surface area contributed by atoms with Gasteiger partial charge in [0, 0.05) is 20.6 Å². The van der Waals surface area contributed by atoms with Gasteiger partial charge in [0.2, 0.25) is 5.91 Å². The zero-order chi connectivity index (χ0) is 29.2. The van der Waals surface area contributed by atoms with Gasteiger partial charge in [-0.15, -0.1) is 11.8 Å². The first-order chi connectivity index (χ1) is 19.8. The second-order valence-corrected chi connectivity index (χ2v) is 11.1. The molecule has 208 valence electrons. The van der Waals surface area contributed by atoms with Gasteiger partial charge in [-0.05, 0) is 66.6 Å². The lowest BCUT2D eigenvalue weighted by Gasteiger charge is -2.16. The number of hydrogen-bond acceptors (Lipinski definition) is 4. The van der Waals surface area contributed by atoms with E-state index < -0.39 is 22.9 Å². The molecule has 4 rings (SSSR count). The van der Waals surface area contributed by atoms with Gasteiger partial charge in [0.15, 0.2) is 0 Å². The second kappa shape index (κ2) is 14.4. The summed E-state index contributed by atoms with van der Waals surface area (Å²) in [5.74, 6) is -1.78. The van der Waals surface area contributed by atoms with Gasteiger partial charge in [-0.25, -0.2) is 4.39 Å². The summed E-state index contributed by atoms with van der Waals surface area (Å²) in [7, 11) is 0. The van der Waals surface area contributed by atoms with Crippen LogP contribution in [-0.2, 0) is 9.59 Å². The molecule has 3 amide bonds. The van der Waals surface area contributed by atoms with Crippen LogP contribution in [0.25, 0.3) is 6.08 Å².